The van der Waals surface area contributed by atoms with Crippen LogP contribution in [0.2, 0.25) is 0 Å². The monoisotopic (exact) mass is 609 g/mol. The minimum atomic E-state index is -4.68. The molecule has 6 nitrogen and oxygen atoms in total. The molecule has 1 fully saturated rings. The molecule has 0 unspecified atom stereocenters. The summed E-state index contributed by atoms with van der Waals surface area (Å²) in [5.74, 6) is -0.299. The molecule has 4 aromatic rings. The fraction of sp³-hybridized carbons (Fsp3) is 0.379. The van der Waals surface area contributed by atoms with E-state index < -0.39 is 36.0 Å². The number of hydrogen-bond acceptors (Lipinski definition) is 4. The molecule has 0 atom stereocenters. The van der Waals surface area contributed by atoms with Crippen molar-refractivity contribution in [1.82, 2.24) is 24.3 Å². The number of aromatic amines is 1. The van der Waals surface area contributed by atoms with E-state index in [1.807, 2.05) is 13.0 Å². The third-order valence-electron chi connectivity index (χ3n) is 7.14. The molecule has 1 saturated carbocycles. The maximum Gasteiger partial charge on any atom is 0.418 e. The molecule has 0 bridgehead atoms. The summed E-state index contributed by atoms with van der Waals surface area (Å²) in [6.07, 6.45) is -2.10. The van der Waals surface area contributed by atoms with E-state index in [-0.39, 0.29) is 33.6 Å². The lowest BCUT2D eigenvalue weighted by Crippen LogP contribution is -2.30. The van der Waals surface area contributed by atoms with Crippen LogP contribution in [0.5, 0.6) is 0 Å². The van der Waals surface area contributed by atoms with Crippen molar-refractivity contribution in [2.45, 2.75) is 64.1 Å². The molecule has 1 aromatic carbocycles. The molecule has 1 aliphatic rings. The molecule has 0 aliphatic heterocycles. The maximum atomic E-state index is 13.8. The van der Waals surface area contributed by atoms with Gasteiger partial charge in [-0.05, 0) is 73.8 Å². The Balaban J connectivity index is 0.000000437. The number of aryl methyl sites for hydroxylation is 1. The summed E-state index contributed by atoms with van der Waals surface area (Å²) in [6, 6.07) is 10.00. The zero-order valence-electron chi connectivity index (χ0n) is 22.9. The van der Waals surface area contributed by atoms with Crippen LogP contribution in [0.3, 0.4) is 0 Å². The molecular formula is C29H29F6N5OS. The Morgan fingerprint density at radius 1 is 1.10 bits per heavy atom. The fourth-order valence-corrected chi connectivity index (χ4v) is 5.25. The minimum Gasteiger partial charge on any atom is -0.329 e. The third-order valence-corrected chi connectivity index (χ3v) is 7.52. The maximum absolute atomic E-state index is 13.8. The van der Waals surface area contributed by atoms with Gasteiger partial charge < -0.3 is 9.55 Å². The molecule has 3 heterocycles. The first-order chi connectivity index (χ1) is 19.9. The van der Waals surface area contributed by atoms with Crippen molar-refractivity contribution >= 4 is 12.2 Å². The van der Waals surface area contributed by atoms with Crippen molar-refractivity contribution in [3.63, 3.8) is 0 Å². The van der Waals surface area contributed by atoms with E-state index in [0.29, 0.717) is 5.56 Å². The normalized spacial score (nSPS) is 14.1. The molecule has 0 saturated heterocycles. The number of rotatable bonds is 5. The molecule has 1 N–H and O–H groups in total. The van der Waals surface area contributed by atoms with Gasteiger partial charge in [0, 0.05) is 18.8 Å². The van der Waals surface area contributed by atoms with Gasteiger partial charge in [-0.1, -0.05) is 31.4 Å². The predicted octanol–water partition coefficient (Wildman–Crippen LogP) is 7.89. The van der Waals surface area contributed by atoms with Crippen LogP contribution in [-0.4, -0.2) is 24.3 Å². The van der Waals surface area contributed by atoms with Crippen molar-refractivity contribution < 1.29 is 26.3 Å². The summed E-state index contributed by atoms with van der Waals surface area (Å²) in [5, 5.41) is 4.19. The van der Waals surface area contributed by atoms with Gasteiger partial charge in [0.05, 0.1) is 23.5 Å². The number of nitrogens with zero attached hydrogens (tertiary/aromatic N) is 4. The van der Waals surface area contributed by atoms with E-state index in [0.717, 1.165) is 59.0 Å². The number of halogens is 6. The minimum absolute atomic E-state index is 0.0201. The Morgan fingerprint density at radius 2 is 1.81 bits per heavy atom. The largest absolute Gasteiger partial charge is 0.418 e. The van der Waals surface area contributed by atoms with Crippen LogP contribution in [0.4, 0.5) is 26.3 Å². The summed E-state index contributed by atoms with van der Waals surface area (Å²) in [7, 11) is 1.38. The van der Waals surface area contributed by atoms with Gasteiger partial charge in [-0.15, -0.1) is 0 Å². The smallest absolute Gasteiger partial charge is 0.329 e. The molecule has 0 amide bonds. The topological polar surface area (TPSA) is 68.5 Å². The van der Waals surface area contributed by atoms with Crippen molar-refractivity contribution in [1.29, 1.82) is 0 Å². The average Bonchev–Trinajstić information content (AvgIpc) is 3.24. The quantitative estimate of drug-likeness (QED) is 0.185. The van der Waals surface area contributed by atoms with Gasteiger partial charge in [-0.25, -0.2) is 17.9 Å². The number of imidazole rings is 1. The van der Waals surface area contributed by atoms with Crippen LogP contribution in [0.25, 0.3) is 11.4 Å². The van der Waals surface area contributed by atoms with Crippen LogP contribution >= 0.6 is 12.2 Å². The van der Waals surface area contributed by atoms with Crippen LogP contribution in [0.1, 0.15) is 72.5 Å². The van der Waals surface area contributed by atoms with Crippen molar-refractivity contribution in [3.8, 4) is 11.4 Å². The summed E-state index contributed by atoms with van der Waals surface area (Å²) >= 11 is 5.10. The number of alkyl halides is 5. The molecule has 13 heteroatoms. The van der Waals surface area contributed by atoms with Crippen molar-refractivity contribution in [2.24, 2.45) is 7.05 Å². The number of pyridine rings is 1. The predicted molar refractivity (Wildman–Crippen MR) is 148 cm³/mol. The number of H-pyrrole nitrogens is 1. The molecule has 0 spiro atoms. The molecule has 1 aliphatic carbocycles. The van der Waals surface area contributed by atoms with Gasteiger partial charge in [0.15, 0.2) is 4.77 Å². The Labute approximate surface area is 243 Å². The molecule has 224 valence electrons. The average molecular weight is 610 g/mol. The standard InChI is InChI=1S/C22H22F5N5OS.C7H7F/c1-31-18(19(23)24)17(29-21(31)34)15-10-13(12-6-3-2-4-7-12)20(33)32(30-15)11-16-14(22(25,26)27)8-5-9-28-16;1-6-3-2-4-7(8)5-6/h5,8-10,12,19H,2-4,6-7,11H2,1H3,(H,29,34);2-5H,1H3. The molecule has 5 rings (SSSR count). The molecule has 0 radical (unpaired) electrons. The van der Waals surface area contributed by atoms with Gasteiger partial charge >= 0.3 is 6.18 Å². The van der Waals surface area contributed by atoms with Gasteiger partial charge in [-0.2, -0.15) is 18.3 Å². The van der Waals surface area contributed by atoms with Crippen LogP contribution in [0.15, 0.2) is 53.5 Å². The summed E-state index contributed by atoms with van der Waals surface area (Å²) in [5.41, 5.74) is -1.07. The van der Waals surface area contributed by atoms with Gasteiger partial charge in [0.2, 0.25) is 0 Å². The second-order valence-corrected chi connectivity index (χ2v) is 10.5. The molecule has 3 aromatic heterocycles. The highest BCUT2D eigenvalue weighted by molar-refractivity contribution is 7.71. The first kappa shape index (κ1) is 31.2. The Kier molecular flexibility index (Phi) is 9.70. The summed E-state index contributed by atoms with van der Waals surface area (Å²) < 4.78 is 82.4. The van der Waals surface area contributed by atoms with Crippen LogP contribution < -0.4 is 5.56 Å². The van der Waals surface area contributed by atoms with E-state index in [2.05, 4.69) is 15.1 Å². The highest BCUT2D eigenvalue weighted by Crippen LogP contribution is 2.35. The Morgan fingerprint density at radius 3 is 2.40 bits per heavy atom. The first-order valence-corrected chi connectivity index (χ1v) is 13.7. The number of benzene rings is 1. The lowest BCUT2D eigenvalue weighted by atomic mass is 9.84. The van der Waals surface area contributed by atoms with E-state index in [1.54, 1.807) is 6.07 Å². The number of nitrogens with one attached hydrogen (secondary N) is 1. The molecular weight excluding hydrogens is 580 g/mol. The third kappa shape index (κ3) is 7.18. The van der Waals surface area contributed by atoms with E-state index in [4.69, 9.17) is 12.2 Å². The number of hydrogen-bond donors (Lipinski definition) is 1. The van der Waals surface area contributed by atoms with E-state index in [9.17, 15) is 31.1 Å². The van der Waals surface area contributed by atoms with Gasteiger partial charge in [-0.3, -0.25) is 9.78 Å². The SMILES string of the molecule is Cc1cccc(F)c1.Cn1c(C(F)F)c(-c2cc(C3CCCCC3)c(=O)n(Cc3ncccc3C(F)(F)F)n2)[nH]c1=S. The lowest BCUT2D eigenvalue weighted by Gasteiger charge is -2.22. The zero-order chi connectivity index (χ0) is 30.6. The van der Waals surface area contributed by atoms with Crippen molar-refractivity contribution in [2.75, 3.05) is 0 Å². The van der Waals surface area contributed by atoms with Crippen LogP contribution in [0, 0.1) is 17.5 Å². The highest BCUT2D eigenvalue weighted by atomic mass is 32.1. The molecule has 42 heavy (non-hydrogen) atoms. The summed E-state index contributed by atoms with van der Waals surface area (Å²) in [6.45, 7) is 1.31. The fourth-order valence-electron chi connectivity index (χ4n) is 5.05. The first-order valence-electron chi connectivity index (χ1n) is 13.3. The van der Waals surface area contributed by atoms with Gasteiger partial charge in [0.1, 0.15) is 17.2 Å². The van der Waals surface area contributed by atoms with Gasteiger partial charge in [0.25, 0.3) is 12.0 Å². The second-order valence-electron chi connectivity index (χ2n) is 10.1. The Hall–Kier alpha value is -3.74. The van der Waals surface area contributed by atoms with E-state index >= 15 is 0 Å². The number of aromatic nitrogens is 5. The second kappa shape index (κ2) is 13.1. The van der Waals surface area contributed by atoms with Crippen molar-refractivity contribution in [3.05, 3.63) is 97.7 Å². The lowest BCUT2D eigenvalue weighted by molar-refractivity contribution is -0.138. The van der Waals surface area contributed by atoms with E-state index in [1.165, 1.54) is 31.4 Å². The zero-order valence-corrected chi connectivity index (χ0v) is 23.7. The Bertz CT molecular complexity index is 1640. The highest BCUT2D eigenvalue weighted by Gasteiger charge is 2.34. The summed E-state index contributed by atoms with van der Waals surface area (Å²) in [4.78, 5) is 19.8. The van der Waals surface area contributed by atoms with Crippen LogP contribution in [-0.2, 0) is 19.8 Å².